The summed E-state index contributed by atoms with van der Waals surface area (Å²) in [4.78, 5) is 13.6. The van der Waals surface area contributed by atoms with Crippen LogP contribution in [0.4, 0.5) is 0 Å². The Labute approximate surface area is 207 Å². The molecule has 0 heterocycles. The third-order valence-corrected chi connectivity index (χ3v) is 5.78. The second-order valence-corrected chi connectivity index (χ2v) is 7.99. The molecule has 0 aliphatic heterocycles. The van der Waals surface area contributed by atoms with Gasteiger partial charge >= 0.3 is 5.97 Å². The largest absolute Gasteiger partial charge is 0.465 e. The topological polar surface area (TPSA) is 35.5 Å². The molecule has 0 aliphatic carbocycles. The first-order chi connectivity index (χ1) is 17.2. The fourth-order valence-corrected chi connectivity index (χ4v) is 4.28. The van der Waals surface area contributed by atoms with Gasteiger partial charge in [-0.25, -0.2) is 4.79 Å². The van der Waals surface area contributed by atoms with Gasteiger partial charge in [0.2, 0.25) is 0 Å². The van der Waals surface area contributed by atoms with E-state index < -0.39 is 5.97 Å². The summed E-state index contributed by atoms with van der Waals surface area (Å²) < 4.78 is 11.1. The summed E-state index contributed by atoms with van der Waals surface area (Å²) >= 11 is 0. The zero-order chi connectivity index (χ0) is 24.5. The van der Waals surface area contributed by atoms with Gasteiger partial charge in [-0.1, -0.05) is 121 Å². The van der Waals surface area contributed by atoms with E-state index >= 15 is 0 Å². The van der Waals surface area contributed by atoms with E-state index in [9.17, 15) is 4.79 Å². The predicted molar refractivity (Wildman–Crippen MR) is 142 cm³/mol. The maximum Gasteiger partial charge on any atom is 0.338 e. The Morgan fingerprint density at radius 1 is 0.543 bits per heavy atom. The average Bonchev–Trinajstić information content (AvgIpc) is 2.93. The Hall–Kier alpha value is -4.21. The Balaban J connectivity index is 2.18. The summed E-state index contributed by atoms with van der Waals surface area (Å²) in [6.07, 6.45) is 0. The number of hydrogen-bond acceptors (Lipinski definition) is 3. The summed E-state index contributed by atoms with van der Waals surface area (Å²) in [5, 5.41) is 0. The number of methoxy groups -OCH3 is 2. The molecule has 0 saturated heterocycles. The Kier molecular flexibility index (Phi) is 8.05. The minimum Gasteiger partial charge on any atom is -0.465 e. The molecule has 4 rings (SSSR count). The van der Waals surface area contributed by atoms with Gasteiger partial charge in [0.15, 0.2) is 0 Å². The highest BCUT2D eigenvalue weighted by molar-refractivity contribution is 6.09. The van der Waals surface area contributed by atoms with Crippen molar-refractivity contribution in [3.05, 3.63) is 155 Å². The van der Waals surface area contributed by atoms with Gasteiger partial charge < -0.3 is 9.47 Å². The molecule has 0 N–H and O–H groups in total. The van der Waals surface area contributed by atoms with Crippen molar-refractivity contribution in [3.63, 3.8) is 0 Å². The third-order valence-electron chi connectivity index (χ3n) is 5.78. The van der Waals surface area contributed by atoms with E-state index in [2.05, 4.69) is 24.3 Å². The lowest BCUT2D eigenvalue weighted by atomic mass is 9.84. The zero-order valence-electron chi connectivity index (χ0n) is 20.0. The molecule has 3 heteroatoms. The van der Waals surface area contributed by atoms with Crippen LogP contribution < -0.4 is 0 Å². The van der Waals surface area contributed by atoms with Crippen LogP contribution in [-0.2, 0) is 14.3 Å². The van der Waals surface area contributed by atoms with Crippen LogP contribution in [0, 0.1) is 0 Å². The van der Waals surface area contributed by atoms with Gasteiger partial charge in [-0.3, -0.25) is 0 Å². The zero-order valence-corrected chi connectivity index (χ0v) is 20.0. The monoisotopic (exact) mass is 460 g/mol. The Bertz CT molecular complexity index is 1220. The molecular weight excluding hydrogens is 432 g/mol. The lowest BCUT2D eigenvalue weighted by Gasteiger charge is -2.22. The summed E-state index contributed by atoms with van der Waals surface area (Å²) in [7, 11) is 3.07. The molecule has 0 unspecified atom stereocenters. The van der Waals surface area contributed by atoms with Crippen LogP contribution in [0.15, 0.2) is 132 Å². The molecule has 0 atom stereocenters. The highest BCUT2D eigenvalue weighted by atomic mass is 16.5. The molecule has 35 heavy (non-hydrogen) atoms. The van der Waals surface area contributed by atoms with E-state index in [1.54, 1.807) is 7.11 Å². The first-order valence-corrected chi connectivity index (χ1v) is 11.5. The van der Waals surface area contributed by atoms with Crippen molar-refractivity contribution in [2.24, 2.45) is 0 Å². The average molecular weight is 461 g/mol. The molecule has 0 radical (unpaired) electrons. The SMILES string of the molecule is COCC(C(C(=O)OC)=C(c1ccccc1)c1ccccc1)=C(c1ccccc1)c1ccccc1. The van der Waals surface area contributed by atoms with Gasteiger partial charge in [-0.15, -0.1) is 0 Å². The van der Waals surface area contributed by atoms with E-state index in [4.69, 9.17) is 9.47 Å². The van der Waals surface area contributed by atoms with E-state index in [0.717, 1.165) is 39.0 Å². The van der Waals surface area contributed by atoms with Gasteiger partial charge in [-0.2, -0.15) is 0 Å². The number of benzene rings is 4. The van der Waals surface area contributed by atoms with Crippen molar-refractivity contribution in [3.8, 4) is 0 Å². The van der Waals surface area contributed by atoms with Crippen molar-refractivity contribution < 1.29 is 14.3 Å². The van der Waals surface area contributed by atoms with Crippen LogP contribution in [-0.4, -0.2) is 26.8 Å². The molecule has 4 aromatic carbocycles. The molecule has 0 aliphatic rings. The van der Waals surface area contributed by atoms with Crippen LogP contribution in [0.25, 0.3) is 11.1 Å². The number of esters is 1. The number of carbonyl (C=O) groups is 1. The van der Waals surface area contributed by atoms with E-state index in [-0.39, 0.29) is 6.61 Å². The van der Waals surface area contributed by atoms with Gasteiger partial charge in [0, 0.05) is 18.3 Å². The molecule has 3 nitrogen and oxygen atoms in total. The van der Waals surface area contributed by atoms with Crippen molar-refractivity contribution >= 4 is 17.1 Å². The molecule has 0 aromatic heterocycles. The van der Waals surface area contributed by atoms with Gasteiger partial charge in [0.25, 0.3) is 0 Å². The van der Waals surface area contributed by atoms with Gasteiger partial charge in [0.05, 0.1) is 19.3 Å². The number of hydrogen-bond donors (Lipinski definition) is 0. The fourth-order valence-electron chi connectivity index (χ4n) is 4.28. The maximum atomic E-state index is 13.6. The second kappa shape index (κ2) is 11.8. The fraction of sp³-hybridized carbons (Fsp3) is 0.0938. The molecule has 0 bridgehead atoms. The lowest BCUT2D eigenvalue weighted by Crippen LogP contribution is -2.16. The van der Waals surface area contributed by atoms with Crippen molar-refractivity contribution in [2.45, 2.75) is 0 Å². The predicted octanol–water partition coefficient (Wildman–Crippen LogP) is 6.81. The van der Waals surface area contributed by atoms with Crippen molar-refractivity contribution in [2.75, 3.05) is 20.8 Å². The van der Waals surface area contributed by atoms with Gasteiger partial charge in [0.1, 0.15) is 0 Å². The minimum absolute atomic E-state index is 0.229. The first kappa shape index (κ1) is 23.9. The van der Waals surface area contributed by atoms with Crippen LogP contribution >= 0.6 is 0 Å². The molecule has 174 valence electrons. The standard InChI is InChI=1S/C32H28O3/c1-34-23-28(29(24-15-7-3-8-16-24)25-17-9-4-10-18-25)31(32(33)35-2)30(26-19-11-5-12-20-26)27-21-13-6-14-22-27/h3-22H,23H2,1-2H3. The highest BCUT2D eigenvalue weighted by Gasteiger charge is 2.26. The second-order valence-electron chi connectivity index (χ2n) is 7.99. The summed E-state index contributed by atoms with van der Waals surface area (Å²) in [6.45, 7) is 0.229. The number of ether oxygens (including phenoxy) is 2. The molecule has 4 aromatic rings. The van der Waals surface area contributed by atoms with Crippen molar-refractivity contribution in [1.82, 2.24) is 0 Å². The Morgan fingerprint density at radius 3 is 1.20 bits per heavy atom. The van der Waals surface area contributed by atoms with E-state index in [1.165, 1.54) is 7.11 Å². The molecule has 0 saturated carbocycles. The van der Waals surface area contributed by atoms with Crippen LogP contribution in [0.1, 0.15) is 22.3 Å². The van der Waals surface area contributed by atoms with E-state index in [0.29, 0.717) is 5.57 Å². The van der Waals surface area contributed by atoms with Gasteiger partial charge in [-0.05, 0) is 27.8 Å². The maximum absolute atomic E-state index is 13.6. The highest BCUT2D eigenvalue weighted by Crippen LogP contribution is 2.37. The first-order valence-electron chi connectivity index (χ1n) is 11.5. The third kappa shape index (κ3) is 5.48. The van der Waals surface area contributed by atoms with Crippen LogP contribution in [0.3, 0.4) is 0 Å². The van der Waals surface area contributed by atoms with Crippen molar-refractivity contribution in [1.29, 1.82) is 0 Å². The smallest absolute Gasteiger partial charge is 0.338 e. The number of carbonyl (C=O) groups excluding carboxylic acids is 1. The Morgan fingerprint density at radius 2 is 0.886 bits per heavy atom. The normalized spacial score (nSPS) is 10.3. The van der Waals surface area contributed by atoms with Crippen LogP contribution in [0.5, 0.6) is 0 Å². The molecule has 0 amide bonds. The molecular formula is C32H28O3. The quantitative estimate of drug-likeness (QED) is 0.165. The van der Waals surface area contributed by atoms with Crippen LogP contribution in [0.2, 0.25) is 0 Å². The van der Waals surface area contributed by atoms with E-state index in [1.807, 2.05) is 97.1 Å². The molecule has 0 fully saturated rings. The summed E-state index contributed by atoms with van der Waals surface area (Å²) in [6, 6.07) is 40.1. The number of rotatable bonds is 8. The molecule has 0 spiro atoms. The lowest BCUT2D eigenvalue weighted by molar-refractivity contribution is -0.135. The minimum atomic E-state index is -0.413. The summed E-state index contributed by atoms with van der Waals surface area (Å²) in [5.74, 6) is -0.413. The summed E-state index contributed by atoms with van der Waals surface area (Å²) in [5.41, 5.74) is 6.81.